The minimum Gasteiger partial charge on any atom is -0.406 e. The standard InChI is InChI=1S/C11H7BrF3N3O/c12-7-5-16-10(17-6-7)18-8-2-1-3-9(4-8)19-11(13,14)15/h1-6H,(H,16,17,18). The maximum atomic E-state index is 12.1. The van der Waals surface area contributed by atoms with Crippen LogP contribution in [0.5, 0.6) is 5.75 Å². The molecule has 0 aliphatic carbocycles. The molecule has 2 rings (SSSR count). The van der Waals surface area contributed by atoms with Crippen molar-refractivity contribution in [3.05, 3.63) is 41.1 Å². The zero-order valence-electron chi connectivity index (χ0n) is 9.28. The van der Waals surface area contributed by atoms with E-state index >= 15 is 0 Å². The van der Waals surface area contributed by atoms with Crippen LogP contribution in [0.4, 0.5) is 24.8 Å². The quantitative estimate of drug-likeness (QED) is 0.925. The Balaban J connectivity index is 2.13. The van der Waals surface area contributed by atoms with Crippen LogP contribution in [0, 0.1) is 0 Å². The topological polar surface area (TPSA) is 47.0 Å². The molecule has 19 heavy (non-hydrogen) atoms. The number of hydrogen-bond acceptors (Lipinski definition) is 4. The number of aromatic nitrogens is 2. The van der Waals surface area contributed by atoms with Crippen LogP contribution in [-0.4, -0.2) is 16.3 Å². The minimum absolute atomic E-state index is 0.271. The van der Waals surface area contributed by atoms with E-state index in [4.69, 9.17) is 0 Å². The Morgan fingerprint density at radius 3 is 2.47 bits per heavy atom. The highest BCUT2D eigenvalue weighted by atomic mass is 79.9. The molecule has 0 radical (unpaired) electrons. The summed E-state index contributed by atoms with van der Waals surface area (Å²) in [5, 5.41) is 2.77. The van der Waals surface area contributed by atoms with Gasteiger partial charge in [-0.1, -0.05) is 6.07 Å². The van der Waals surface area contributed by atoms with Crippen molar-refractivity contribution in [3.8, 4) is 5.75 Å². The van der Waals surface area contributed by atoms with Gasteiger partial charge in [0.1, 0.15) is 5.75 Å². The number of ether oxygens (including phenoxy) is 1. The van der Waals surface area contributed by atoms with Crippen molar-refractivity contribution in [2.45, 2.75) is 6.36 Å². The second-order valence-corrected chi connectivity index (χ2v) is 4.34. The van der Waals surface area contributed by atoms with Crippen LogP contribution in [0.15, 0.2) is 41.1 Å². The molecule has 0 fully saturated rings. The Kier molecular flexibility index (Phi) is 3.89. The van der Waals surface area contributed by atoms with Crippen LogP contribution in [0.25, 0.3) is 0 Å². The normalized spacial score (nSPS) is 11.2. The maximum absolute atomic E-state index is 12.1. The van der Waals surface area contributed by atoms with Crippen LogP contribution in [-0.2, 0) is 0 Å². The summed E-state index contributed by atoms with van der Waals surface area (Å²) in [6, 6.07) is 5.43. The zero-order chi connectivity index (χ0) is 13.9. The van der Waals surface area contributed by atoms with Gasteiger partial charge in [0.25, 0.3) is 0 Å². The fraction of sp³-hybridized carbons (Fsp3) is 0.0909. The van der Waals surface area contributed by atoms with Crippen LogP contribution < -0.4 is 10.1 Å². The van der Waals surface area contributed by atoms with E-state index in [1.807, 2.05) is 0 Å². The summed E-state index contributed by atoms with van der Waals surface area (Å²) in [5.41, 5.74) is 0.393. The van der Waals surface area contributed by atoms with E-state index in [0.29, 0.717) is 10.2 Å². The summed E-state index contributed by atoms with van der Waals surface area (Å²) < 4.78 is 40.7. The second-order valence-electron chi connectivity index (χ2n) is 3.43. The summed E-state index contributed by atoms with van der Waals surface area (Å²) in [6.07, 6.45) is -1.68. The Labute approximate surface area is 114 Å². The molecule has 1 N–H and O–H groups in total. The SMILES string of the molecule is FC(F)(F)Oc1cccc(Nc2ncc(Br)cn2)c1. The van der Waals surface area contributed by atoms with Crippen LogP contribution in [0.1, 0.15) is 0 Å². The monoisotopic (exact) mass is 333 g/mol. The number of nitrogens with zero attached hydrogens (tertiary/aromatic N) is 2. The number of benzene rings is 1. The van der Waals surface area contributed by atoms with Gasteiger partial charge in [-0.25, -0.2) is 9.97 Å². The number of halogens is 4. The number of rotatable bonds is 3. The lowest BCUT2D eigenvalue weighted by molar-refractivity contribution is -0.274. The van der Waals surface area contributed by atoms with Gasteiger partial charge in [-0.3, -0.25) is 0 Å². The smallest absolute Gasteiger partial charge is 0.406 e. The Bertz CT molecular complexity index is 560. The van der Waals surface area contributed by atoms with Gasteiger partial charge < -0.3 is 10.1 Å². The number of hydrogen-bond donors (Lipinski definition) is 1. The van der Waals surface area contributed by atoms with Crippen molar-refractivity contribution < 1.29 is 17.9 Å². The summed E-state index contributed by atoms with van der Waals surface area (Å²) in [4.78, 5) is 7.89. The minimum atomic E-state index is -4.72. The van der Waals surface area contributed by atoms with E-state index in [0.717, 1.165) is 0 Å². The van der Waals surface area contributed by atoms with Crippen molar-refractivity contribution in [1.82, 2.24) is 9.97 Å². The van der Waals surface area contributed by atoms with Crippen LogP contribution in [0.3, 0.4) is 0 Å². The van der Waals surface area contributed by atoms with E-state index < -0.39 is 6.36 Å². The average Bonchev–Trinajstić information content (AvgIpc) is 2.30. The molecule has 0 aliphatic heterocycles. The van der Waals surface area contributed by atoms with Crippen LogP contribution in [0.2, 0.25) is 0 Å². The zero-order valence-corrected chi connectivity index (χ0v) is 10.9. The van der Waals surface area contributed by atoms with Crippen molar-refractivity contribution in [3.63, 3.8) is 0 Å². The molecule has 8 heteroatoms. The predicted molar refractivity (Wildman–Crippen MR) is 66.1 cm³/mol. The van der Waals surface area contributed by atoms with Gasteiger partial charge in [0.2, 0.25) is 5.95 Å². The summed E-state index contributed by atoms with van der Waals surface area (Å²) in [5.74, 6) is -0.0398. The van der Waals surface area contributed by atoms with Crippen molar-refractivity contribution >= 4 is 27.6 Å². The first kappa shape index (κ1) is 13.6. The van der Waals surface area contributed by atoms with E-state index in [-0.39, 0.29) is 11.7 Å². The number of nitrogens with one attached hydrogen (secondary N) is 1. The molecule has 0 unspecified atom stereocenters. The van der Waals surface area contributed by atoms with Gasteiger partial charge in [0.05, 0.1) is 4.47 Å². The average molecular weight is 334 g/mol. The molecule has 1 aromatic heterocycles. The molecule has 1 aromatic carbocycles. The highest BCUT2D eigenvalue weighted by molar-refractivity contribution is 9.10. The van der Waals surface area contributed by atoms with Gasteiger partial charge in [0, 0.05) is 24.1 Å². The lowest BCUT2D eigenvalue weighted by Gasteiger charge is -2.10. The van der Waals surface area contributed by atoms with Crippen molar-refractivity contribution in [2.24, 2.45) is 0 Å². The van der Waals surface area contributed by atoms with E-state index in [1.54, 1.807) is 6.07 Å². The molecular weight excluding hydrogens is 327 g/mol. The highest BCUT2D eigenvalue weighted by Crippen LogP contribution is 2.25. The Hall–Kier alpha value is -1.83. The van der Waals surface area contributed by atoms with Gasteiger partial charge in [-0.05, 0) is 28.1 Å². The molecule has 0 atom stereocenters. The Morgan fingerprint density at radius 2 is 1.84 bits per heavy atom. The van der Waals surface area contributed by atoms with Crippen molar-refractivity contribution in [1.29, 1.82) is 0 Å². The first-order valence-corrected chi connectivity index (χ1v) is 5.82. The summed E-state index contributed by atoms with van der Waals surface area (Å²) in [6.45, 7) is 0. The molecule has 0 bridgehead atoms. The third kappa shape index (κ3) is 4.40. The second kappa shape index (κ2) is 5.43. The fourth-order valence-electron chi connectivity index (χ4n) is 1.28. The van der Waals surface area contributed by atoms with Gasteiger partial charge >= 0.3 is 6.36 Å². The molecular formula is C11H7BrF3N3O. The third-order valence-corrected chi connectivity index (χ3v) is 2.35. The lowest BCUT2D eigenvalue weighted by atomic mass is 10.3. The molecule has 1 heterocycles. The van der Waals surface area contributed by atoms with E-state index in [1.165, 1.54) is 30.6 Å². The maximum Gasteiger partial charge on any atom is 0.573 e. The lowest BCUT2D eigenvalue weighted by Crippen LogP contribution is -2.17. The first-order valence-electron chi connectivity index (χ1n) is 5.03. The van der Waals surface area contributed by atoms with E-state index in [9.17, 15) is 13.2 Å². The summed E-state index contributed by atoms with van der Waals surface area (Å²) in [7, 11) is 0. The van der Waals surface area contributed by atoms with Crippen molar-refractivity contribution in [2.75, 3.05) is 5.32 Å². The Morgan fingerprint density at radius 1 is 1.16 bits per heavy atom. The van der Waals surface area contributed by atoms with Gasteiger partial charge in [0.15, 0.2) is 0 Å². The number of anilines is 2. The van der Waals surface area contributed by atoms with Gasteiger partial charge in [-0.2, -0.15) is 0 Å². The molecule has 100 valence electrons. The first-order chi connectivity index (χ1) is 8.92. The molecule has 0 aliphatic rings. The molecule has 4 nitrogen and oxygen atoms in total. The molecule has 0 amide bonds. The number of alkyl halides is 3. The van der Waals surface area contributed by atoms with Gasteiger partial charge in [-0.15, -0.1) is 13.2 Å². The fourth-order valence-corrected chi connectivity index (χ4v) is 1.48. The molecule has 0 saturated heterocycles. The molecule has 0 saturated carbocycles. The van der Waals surface area contributed by atoms with E-state index in [2.05, 4.69) is 36.0 Å². The highest BCUT2D eigenvalue weighted by Gasteiger charge is 2.31. The molecule has 0 spiro atoms. The largest absolute Gasteiger partial charge is 0.573 e. The van der Waals surface area contributed by atoms with Crippen LogP contribution >= 0.6 is 15.9 Å². The predicted octanol–water partition coefficient (Wildman–Crippen LogP) is 3.88. The third-order valence-electron chi connectivity index (χ3n) is 1.94. The summed E-state index contributed by atoms with van der Waals surface area (Å²) >= 11 is 3.18. The molecule has 2 aromatic rings.